The molecular weight excluding hydrogens is 404 g/mol. The second-order valence-electron chi connectivity index (χ2n) is 6.15. The number of carbonyl (C=O) groups is 4. The molecule has 14 N–H and O–H groups in total. The summed E-state index contributed by atoms with van der Waals surface area (Å²) in [6.07, 6.45) is 2.73. The highest BCUT2D eigenvalue weighted by molar-refractivity contribution is 5.96. The zero-order valence-electron chi connectivity index (χ0n) is 17.1. The van der Waals surface area contributed by atoms with Crippen LogP contribution in [0.5, 0.6) is 0 Å². The summed E-state index contributed by atoms with van der Waals surface area (Å²) in [4.78, 5) is 43.5. The molecule has 3 unspecified atom stereocenters. The van der Waals surface area contributed by atoms with E-state index in [0.29, 0.717) is 19.4 Å². The van der Waals surface area contributed by atoms with Gasteiger partial charge in [-0.05, 0) is 25.2 Å². The fourth-order valence-electron chi connectivity index (χ4n) is 1.41. The maximum absolute atomic E-state index is 10.3. The topological polar surface area (TPSA) is 292 Å². The van der Waals surface area contributed by atoms with Crippen LogP contribution in [0.15, 0.2) is 4.99 Å². The van der Waals surface area contributed by atoms with E-state index in [1.165, 1.54) is 0 Å². The minimum absolute atomic E-state index is 0.0579. The third kappa shape index (κ3) is 19.8. The second-order valence-corrected chi connectivity index (χ2v) is 6.15. The number of aliphatic imine (C=N–C) groups is 1. The Bertz CT molecular complexity index is 554. The highest BCUT2D eigenvalue weighted by Gasteiger charge is 2.19. The normalized spacial score (nSPS) is 12.7. The predicted molar refractivity (Wildman–Crippen MR) is 108 cm³/mol. The molecule has 14 heteroatoms. The van der Waals surface area contributed by atoms with Gasteiger partial charge >= 0.3 is 23.9 Å². The van der Waals surface area contributed by atoms with Gasteiger partial charge in [0.05, 0.1) is 0 Å². The first-order valence-electron chi connectivity index (χ1n) is 8.92. The number of hydrogen-bond donors (Lipinski definition) is 9. The molecule has 0 bridgehead atoms. The van der Waals surface area contributed by atoms with E-state index in [2.05, 4.69) is 10.7 Å². The van der Waals surface area contributed by atoms with Gasteiger partial charge in [-0.1, -0.05) is 20.3 Å². The van der Waals surface area contributed by atoms with Crippen molar-refractivity contribution in [1.82, 2.24) is 0 Å². The van der Waals surface area contributed by atoms with Gasteiger partial charge in [0.1, 0.15) is 12.1 Å². The molecule has 0 aromatic carbocycles. The summed E-state index contributed by atoms with van der Waals surface area (Å²) in [5.41, 5.74) is 25.3. The van der Waals surface area contributed by atoms with Crippen molar-refractivity contribution in [2.24, 2.45) is 39.6 Å². The van der Waals surface area contributed by atoms with Crippen LogP contribution >= 0.6 is 0 Å². The minimum atomic E-state index is -1.80. The van der Waals surface area contributed by atoms with Crippen molar-refractivity contribution in [3.05, 3.63) is 0 Å². The number of carboxylic acid groups (broad SMARTS) is 4. The maximum Gasteiger partial charge on any atom is 0.332 e. The smallest absolute Gasteiger partial charge is 0.332 e. The standard InChI is InChI=1S/C7H16N4O2.C6H13NO2.C3H5NO4/c8-5(6(12)13)3-1-2-4-11-7(9)10;1-3-4(2)5(7)6(8)9;4-1(2(5)6)3(7)8/h5H,1-4,8H2,(H,12,13)(H4,9,10,11);4-5H,3,7H2,1-2H3,(H,8,9);1H,4H2,(H,5,6)(H,7,8). The Morgan fingerprint density at radius 3 is 1.53 bits per heavy atom. The molecule has 0 aliphatic carbocycles. The van der Waals surface area contributed by atoms with Crippen LogP contribution in [-0.2, 0) is 19.2 Å². The molecule has 0 aliphatic heterocycles. The number of aliphatic carboxylic acids is 4. The number of guanidine groups is 1. The lowest BCUT2D eigenvalue weighted by Crippen LogP contribution is -2.38. The van der Waals surface area contributed by atoms with Crippen LogP contribution in [0.25, 0.3) is 0 Å². The molecule has 0 saturated heterocycles. The molecule has 14 nitrogen and oxygen atoms in total. The summed E-state index contributed by atoms with van der Waals surface area (Å²) in [6.45, 7) is 4.28. The molecule has 30 heavy (non-hydrogen) atoms. The van der Waals surface area contributed by atoms with Gasteiger partial charge in [-0.25, -0.2) is 9.59 Å². The lowest BCUT2D eigenvalue weighted by Gasteiger charge is -2.11. The molecule has 0 radical (unpaired) electrons. The quantitative estimate of drug-likeness (QED) is 0.0714. The van der Waals surface area contributed by atoms with E-state index < -0.39 is 42.0 Å². The largest absolute Gasteiger partial charge is 0.480 e. The van der Waals surface area contributed by atoms with Gasteiger partial charge in [0.25, 0.3) is 0 Å². The molecule has 0 aromatic rings. The first kappa shape index (κ1) is 31.7. The van der Waals surface area contributed by atoms with Crippen molar-refractivity contribution in [3.63, 3.8) is 0 Å². The van der Waals surface area contributed by atoms with E-state index in [9.17, 15) is 19.2 Å². The van der Waals surface area contributed by atoms with Gasteiger partial charge in [0, 0.05) is 6.54 Å². The highest BCUT2D eigenvalue weighted by Crippen LogP contribution is 2.04. The van der Waals surface area contributed by atoms with Crippen molar-refractivity contribution in [1.29, 1.82) is 0 Å². The summed E-state index contributed by atoms with van der Waals surface area (Å²) in [7, 11) is 0. The Morgan fingerprint density at radius 2 is 1.30 bits per heavy atom. The third-order valence-corrected chi connectivity index (χ3v) is 3.61. The third-order valence-electron chi connectivity index (χ3n) is 3.61. The van der Waals surface area contributed by atoms with E-state index >= 15 is 0 Å². The summed E-state index contributed by atoms with van der Waals surface area (Å²) in [6, 6.07) is -3.27. The number of unbranched alkanes of at least 4 members (excludes halogenated alkanes) is 1. The van der Waals surface area contributed by atoms with Crippen molar-refractivity contribution < 1.29 is 39.6 Å². The van der Waals surface area contributed by atoms with E-state index in [1.54, 1.807) is 0 Å². The lowest BCUT2D eigenvalue weighted by atomic mass is 10.0. The lowest BCUT2D eigenvalue weighted by molar-refractivity contribution is -0.149. The van der Waals surface area contributed by atoms with Gasteiger partial charge in [0.15, 0.2) is 5.96 Å². The average molecular weight is 438 g/mol. The first-order valence-corrected chi connectivity index (χ1v) is 8.92. The number of nitrogens with zero attached hydrogens (tertiary/aromatic N) is 1. The van der Waals surface area contributed by atoms with Gasteiger partial charge in [-0.15, -0.1) is 0 Å². The number of carboxylic acids is 4. The van der Waals surface area contributed by atoms with Crippen molar-refractivity contribution in [2.75, 3.05) is 6.54 Å². The second kappa shape index (κ2) is 18.1. The van der Waals surface area contributed by atoms with Crippen LogP contribution in [-0.4, -0.2) is 74.9 Å². The molecule has 0 aliphatic rings. The van der Waals surface area contributed by atoms with Crippen LogP contribution < -0.4 is 28.7 Å². The summed E-state index contributed by atoms with van der Waals surface area (Å²) in [5, 5.41) is 32.5. The molecule has 0 aromatic heterocycles. The molecule has 176 valence electrons. The predicted octanol–water partition coefficient (Wildman–Crippen LogP) is -2.23. The molecule has 0 amide bonds. The SMILES string of the molecule is CCC(C)C(N)C(=O)O.NC(C(=O)O)C(=O)O.NC(N)=NCCCCC(N)C(=O)O. The van der Waals surface area contributed by atoms with Crippen LogP contribution in [0.2, 0.25) is 0 Å². The molecule has 3 atom stereocenters. The number of nitrogens with two attached hydrogens (primary N) is 5. The number of rotatable bonds is 11. The monoisotopic (exact) mass is 438 g/mol. The van der Waals surface area contributed by atoms with Crippen LogP contribution in [0.4, 0.5) is 0 Å². The Hall–Kier alpha value is -2.97. The molecule has 0 saturated carbocycles. The molecule has 0 rings (SSSR count). The highest BCUT2D eigenvalue weighted by atomic mass is 16.4. The van der Waals surface area contributed by atoms with Crippen molar-refractivity contribution in [2.45, 2.75) is 57.7 Å². The van der Waals surface area contributed by atoms with Gasteiger partial charge in [-0.2, -0.15) is 0 Å². The van der Waals surface area contributed by atoms with E-state index in [-0.39, 0.29) is 11.9 Å². The maximum atomic E-state index is 10.3. The van der Waals surface area contributed by atoms with Crippen molar-refractivity contribution in [3.8, 4) is 0 Å². The Kier molecular flexibility index (Phi) is 19.1. The van der Waals surface area contributed by atoms with E-state index in [1.807, 2.05) is 13.8 Å². The fraction of sp³-hybridized carbons (Fsp3) is 0.688. The molecule has 0 heterocycles. The molecule has 0 fully saturated rings. The Labute approximate surface area is 174 Å². The fourth-order valence-corrected chi connectivity index (χ4v) is 1.41. The van der Waals surface area contributed by atoms with Crippen molar-refractivity contribution >= 4 is 29.8 Å². The first-order chi connectivity index (χ1) is 13.7. The van der Waals surface area contributed by atoms with Crippen LogP contribution in [0, 0.1) is 5.92 Å². The average Bonchev–Trinajstić information content (AvgIpc) is 2.65. The summed E-state index contributed by atoms with van der Waals surface area (Å²) in [5.74, 6) is -4.81. The van der Waals surface area contributed by atoms with Gasteiger partial charge < -0.3 is 49.1 Å². The number of hydrogen-bond acceptors (Lipinski definition) is 8. The molecular formula is C16H34N6O8. The Morgan fingerprint density at radius 1 is 0.833 bits per heavy atom. The van der Waals surface area contributed by atoms with Gasteiger partial charge in [0.2, 0.25) is 6.04 Å². The molecule has 0 spiro atoms. The van der Waals surface area contributed by atoms with Gasteiger partial charge in [-0.3, -0.25) is 14.6 Å². The van der Waals surface area contributed by atoms with E-state index in [4.69, 9.17) is 43.4 Å². The van der Waals surface area contributed by atoms with Crippen LogP contribution in [0.3, 0.4) is 0 Å². The summed E-state index contributed by atoms with van der Waals surface area (Å²) >= 11 is 0. The minimum Gasteiger partial charge on any atom is -0.480 e. The summed E-state index contributed by atoms with van der Waals surface area (Å²) < 4.78 is 0. The zero-order chi connectivity index (χ0) is 24.4. The zero-order valence-corrected chi connectivity index (χ0v) is 17.1. The Balaban J connectivity index is -0.000000379. The van der Waals surface area contributed by atoms with E-state index in [0.717, 1.165) is 12.8 Å². The van der Waals surface area contributed by atoms with Crippen LogP contribution in [0.1, 0.15) is 39.5 Å².